The molecule has 0 amide bonds. The zero-order valence-corrected chi connectivity index (χ0v) is 23.9. The second-order valence-electron chi connectivity index (χ2n) is 11.9. The molecule has 1 atom stereocenters. The van der Waals surface area contributed by atoms with Crippen molar-refractivity contribution in [3.05, 3.63) is 168 Å². The van der Waals surface area contributed by atoms with Crippen LogP contribution in [0.3, 0.4) is 0 Å². The summed E-state index contributed by atoms with van der Waals surface area (Å²) in [5.74, 6) is 0.134. The van der Waals surface area contributed by atoms with E-state index in [0.717, 1.165) is 16.7 Å². The first-order valence-electron chi connectivity index (χ1n) is 15.3. The van der Waals surface area contributed by atoms with Crippen LogP contribution in [0, 0.1) is 0 Å². The highest BCUT2D eigenvalue weighted by molar-refractivity contribution is 6.14. The molecule has 10 rings (SSSR count). The summed E-state index contributed by atoms with van der Waals surface area (Å²) >= 11 is 0. The molecule has 0 aliphatic heterocycles. The molecule has 1 aliphatic carbocycles. The molecule has 1 unspecified atom stereocenters. The molecule has 0 saturated heterocycles. The number of para-hydroxylation sites is 2. The second kappa shape index (κ2) is 8.89. The lowest BCUT2D eigenvalue weighted by Gasteiger charge is -2.18. The first-order chi connectivity index (χ1) is 21.8. The molecule has 2 heterocycles. The molecule has 2 heteroatoms. The molecule has 9 aromatic rings. The smallest absolute Gasteiger partial charge is 0.146 e. The van der Waals surface area contributed by atoms with Crippen LogP contribution < -0.4 is 0 Å². The lowest BCUT2D eigenvalue weighted by molar-refractivity contribution is 1.03. The molecule has 0 fully saturated rings. The SMILES string of the molecule is c1ccc(-c2ccc3c(c2)-c2ccc4ccccc4c2C3c2ccc3c(c2)c2ccccc2c2nc4ccccc4n32)cc1. The lowest BCUT2D eigenvalue weighted by atomic mass is 9.85. The fourth-order valence-electron chi connectivity index (χ4n) is 7.70. The van der Waals surface area contributed by atoms with Gasteiger partial charge in [0.05, 0.1) is 16.6 Å². The quantitative estimate of drug-likeness (QED) is 0.193. The van der Waals surface area contributed by atoms with Gasteiger partial charge in [0, 0.05) is 16.7 Å². The van der Waals surface area contributed by atoms with Crippen molar-refractivity contribution in [1.82, 2.24) is 9.38 Å². The van der Waals surface area contributed by atoms with Gasteiger partial charge < -0.3 is 0 Å². The van der Waals surface area contributed by atoms with Crippen molar-refractivity contribution in [2.45, 2.75) is 5.92 Å². The minimum atomic E-state index is 0.134. The van der Waals surface area contributed by atoms with E-state index < -0.39 is 0 Å². The van der Waals surface area contributed by atoms with Crippen LogP contribution in [0.25, 0.3) is 71.4 Å². The van der Waals surface area contributed by atoms with Crippen molar-refractivity contribution in [1.29, 1.82) is 0 Å². The topological polar surface area (TPSA) is 17.3 Å². The van der Waals surface area contributed by atoms with E-state index >= 15 is 0 Å². The summed E-state index contributed by atoms with van der Waals surface area (Å²) in [6, 6.07) is 55.5. The van der Waals surface area contributed by atoms with Gasteiger partial charge in [0.1, 0.15) is 5.65 Å². The molecule has 0 radical (unpaired) electrons. The van der Waals surface area contributed by atoms with Gasteiger partial charge in [0.25, 0.3) is 0 Å². The zero-order chi connectivity index (χ0) is 28.8. The number of hydrogen-bond acceptors (Lipinski definition) is 1. The summed E-state index contributed by atoms with van der Waals surface area (Å²) < 4.78 is 2.34. The monoisotopic (exact) mass is 558 g/mol. The van der Waals surface area contributed by atoms with Crippen molar-refractivity contribution in [2.24, 2.45) is 0 Å². The van der Waals surface area contributed by atoms with Crippen LogP contribution in [-0.2, 0) is 0 Å². The number of rotatable bonds is 2. The van der Waals surface area contributed by atoms with Gasteiger partial charge in [0.2, 0.25) is 0 Å². The Morgan fingerprint density at radius 1 is 0.477 bits per heavy atom. The van der Waals surface area contributed by atoms with E-state index in [9.17, 15) is 0 Å². The standard InChI is InChI=1S/C42H26N2/c1-2-10-26(11-3-1)28-19-22-32-35(24-28)33-21-18-27-12-4-5-13-30(27)41(33)40(32)29-20-23-38-36(25-29)31-14-6-7-15-34(31)42-43-37-16-8-9-17-39(37)44(38)42/h1-25,40H. The normalized spacial score (nSPS) is 14.1. The van der Waals surface area contributed by atoms with Crippen LogP contribution in [0.15, 0.2) is 152 Å². The molecule has 7 aromatic carbocycles. The van der Waals surface area contributed by atoms with Gasteiger partial charge in [0.15, 0.2) is 0 Å². The molecule has 2 aromatic heterocycles. The predicted molar refractivity (Wildman–Crippen MR) is 183 cm³/mol. The maximum Gasteiger partial charge on any atom is 0.146 e. The Morgan fingerprint density at radius 2 is 1.25 bits per heavy atom. The number of imidazole rings is 1. The zero-order valence-electron chi connectivity index (χ0n) is 23.9. The van der Waals surface area contributed by atoms with Crippen molar-refractivity contribution in [3.8, 4) is 22.3 Å². The van der Waals surface area contributed by atoms with Crippen LogP contribution in [0.4, 0.5) is 0 Å². The molecular weight excluding hydrogens is 532 g/mol. The number of hydrogen-bond donors (Lipinski definition) is 0. The van der Waals surface area contributed by atoms with Gasteiger partial charge in [-0.1, -0.05) is 121 Å². The number of pyridine rings is 1. The van der Waals surface area contributed by atoms with Gasteiger partial charge >= 0.3 is 0 Å². The first-order valence-corrected chi connectivity index (χ1v) is 15.3. The fourth-order valence-corrected chi connectivity index (χ4v) is 7.70. The molecule has 0 N–H and O–H groups in total. The number of benzene rings is 7. The van der Waals surface area contributed by atoms with E-state index in [1.54, 1.807) is 0 Å². The van der Waals surface area contributed by atoms with Crippen LogP contribution in [-0.4, -0.2) is 9.38 Å². The average molecular weight is 559 g/mol. The highest BCUT2D eigenvalue weighted by Crippen LogP contribution is 2.52. The first kappa shape index (κ1) is 23.8. The number of fused-ring (bicyclic) bond motifs is 13. The number of aromatic nitrogens is 2. The Morgan fingerprint density at radius 3 is 2.16 bits per heavy atom. The lowest BCUT2D eigenvalue weighted by Crippen LogP contribution is -2.01. The Bertz CT molecular complexity index is 2610. The Kier molecular flexibility index (Phi) is 4.81. The molecule has 2 nitrogen and oxygen atoms in total. The van der Waals surface area contributed by atoms with Gasteiger partial charge in [-0.05, 0) is 85.4 Å². The summed E-state index contributed by atoms with van der Waals surface area (Å²) in [6.45, 7) is 0. The van der Waals surface area contributed by atoms with E-state index in [0.29, 0.717) is 0 Å². The van der Waals surface area contributed by atoms with Crippen LogP contribution >= 0.6 is 0 Å². The minimum absolute atomic E-state index is 0.134. The molecule has 1 aliphatic rings. The van der Waals surface area contributed by atoms with Crippen LogP contribution in [0.1, 0.15) is 22.6 Å². The van der Waals surface area contributed by atoms with E-state index in [2.05, 4.69) is 156 Å². The predicted octanol–water partition coefficient (Wildman–Crippen LogP) is 10.8. The molecule has 44 heavy (non-hydrogen) atoms. The summed E-state index contributed by atoms with van der Waals surface area (Å²) in [6.07, 6.45) is 0. The average Bonchev–Trinajstić information content (AvgIpc) is 3.65. The molecular formula is C42H26N2. The third-order valence-corrected chi connectivity index (χ3v) is 9.63. The van der Waals surface area contributed by atoms with E-state index in [-0.39, 0.29) is 5.92 Å². The third kappa shape index (κ3) is 3.23. The Hall–Kier alpha value is -5.73. The molecule has 204 valence electrons. The highest BCUT2D eigenvalue weighted by atomic mass is 15.0. The van der Waals surface area contributed by atoms with Gasteiger partial charge in [-0.15, -0.1) is 0 Å². The molecule has 0 bridgehead atoms. The fraction of sp³-hybridized carbons (Fsp3) is 0.0238. The maximum absolute atomic E-state index is 5.08. The molecule has 0 spiro atoms. The molecule has 0 saturated carbocycles. The van der Waals surface area contributed by atoms with Crippen molar-refractivity contribution in [2.75, 3.05) is 0 Å². The third-order valence-electron chi connectivity index (χ3n) is 9.63. The second-order valence-corrected chi connectivity index (χ2v) is 11.9. The Labute approximate surface area is 254 Å². The van der Waals surface area contributed by atoms with Gasteiger partial charge in [-0.3, -0.25) is 4.40 Å². The van der Waals surface area contributed by atoms with Gasteiger partial charge in [-0.2, -0.15) is 0 Å². The van der Waals surface area contributed by atoms with Gasteiger partial charge in [-0.25, -0.2) is 4.98 Å². The van der Waals surface area contributed by atoms with E-state index in [1.807, 2.05) is 0 Å². The summed E-state index contributed by atoms with van der Waals surface area (Å²) in [5, 5.41) is 6.28. The van der Waals surface area contributed by atoms with E-state index in [4.69, 9.17) is 4.98 Å². The highest BCUT2D eigenvalue weighted by Gasteiger charge is 2.32. The van der Waals surface area contributed by atoms with Crippen LogP contribution in [0.5, 0.6) is 0 Å². The van der Waals surface area contributed by atoms with Crippen molar-refractivity contribution < 1.29 is 0 Å². The van der Waals surface area contributed by atoms with Crippen molar-refractivity contribution >= 4 is 49.1 Å². The summed E-state index contributed by atoms with van der Waals surface area (Å²) in [4.78, 5) is 5.08. The van der Waals surface area contributed by atoms with Crippen LogP contribution in [0.2, 0.25) is 0 Å². The maximum atomic E-state index is 5.08. The largest absolute Gasteiger partial charge is 0.292 e. The minimum Gasteiger partial charge on any atom is -0.292 e. The Balaban J connectivity index is 1.29. The number of nitrogens with zero attached hydrogens (tertiary/aromatic N) is 2. The summed E-state index contributed by atoms with van der Waals surface area (Å²) in [7, 11) is 0. The van der Waals surface area contributed by atoms with Crippen molar-refractivity contribution in [3.63, 3.8) is 0 Å². The van der Waals surface area contributed by atoms with E-state index in [1.165, 1.54) is 71.4 Å². The summed E-state index contributed by atoms with van der Waals surface area (Å²) in [5.41, 5.74) is 13.6.